The maximum Gasteiger partial charge on any atom is 0.170 e. The number of hydrogen-bond donors (Lipinski definition) is 2. The average Bonchev–Trinajstić information content (AvgIpc) is 2.16. The molecule has 0 saturated heterocycles. The van der Waals surface area contributed by atoms with Crippen molar-refractivity contribution >= 4 is 18.4 Å². The highest BCUT2D eigenvalue weighted by Crippen LogP contribution is 1.94. The Morgan fingerprint density at radius 1 is 1.36 bits per heavy atom. The van der Waals surface area contributed by atoms with E-state index in [0.29, 0.717) is 19.8 Å². The van der Waals surface area contributed by atoms with Crippen molar-refractivity contribution in [2.75, 3.05) is 40.0 Å². The summed E-state index contributed by atoms with van der Waals surface area (Å²) >= 11 is 4.00. The summed E-state index contributed by atoms with van der Waals surface area (Å²) < 4.78 is 10.3. The molecule has 14 heavy (non-hydrogen) atoms. The van der Waals surface area contributed by atoms with Gasteiger partial charge in [0.25, 0.3) is 0 Å². The topological polar surface area (TPSA) is 47.6 Å². The molecular weight excluding hydrogens is 202 g/mol. The highest BCUT2D eigenvalue weighted by atomic mass is 32.1. The van der Waals surface area contributed by atoms with Crippen LogP contribution in [0, 0.1) is 0 Å². The number of carbonyl (C=O) groups is 1. The number of carbonyl (C=O) groups excluding carboxylic acids is 1. The molecule has 0 aromatic carbocycles. The predicted octanol–water partition coefficient (Wildman–Crippen LogP) is 0.126. The van der Waals surface area contributed by atoms with E-state index in [1.807, 2.05) is 7.05 Å². The van der Waals surface area contributed by atoms with Crippen LogP contribution in [0.25, 0.3) is 0 Å². The molecule has 0 rings (SSSR count). The van der Waals surface area contributed by atoms with Gasteiger partial charge in [0.2, 0.25) is 0 Å². The van der Waals surface area contributed by atoms with Crippen molar-refractivity contribution in [1.29, 1.82) is 0 Å². The van der Waals surface area contributed by atoms with Gasteiger partial charge < -0.3 is 14.8 Å². The number of thiol groups is 1. The fourth-order valence-electron chi connectivity index (χ4n) is 0.688. The number of hydrogen-bond acceptors (Lipinski definition) is 5. The zero-order chi connectivity index (χ0) is 10.8. The summed E-state index contributed by atoms with van der Waals surface area (Å²) in [6.07, 6.45) is 0. The monoisotopic (exact) mass is 221 g/mol. The van der Waals surface area contributed by atoms with Gasteiger partial charge in [-0.15, -0.1) is 0 Å². The van der Waals surface area contributed by atoms with E-state index in [-0.39, 0.29) is 17.6 Å². The maximum absolute atomic E-state index is 11.0. The molecule has 0 bridgehead atoms. The molecule has 0 spiro atoms. The predicted molar refractivity (Wildman–Crippen MR) is 59.0 cm³/mol. The number of likely N-dealkylation sites (N-methyl/N-ethyl adjacent to an activating group) is 1. The van der Waals surface area contributed by atoms with Crippen LogP contribution in [0.1, 0.15) is 6.92 Å². The third kappa shape index (κ3) is 8.50. The standard InChI is InChI=1S/C9H19NO3S/c1-8(14)9(11)7-13-6-5-12-4-3-10-2/h8,10,14H,3-7H2,1-2H3. The third-order valence-corrected chi connectivity index (χ3v) is 1.87. The van der Waals surface area contributed by atoms with E-state index in [0.717, 1.165) is 6.54 Å². The number of ether oxygens (including phenoxy) is 2. The molecule has 0 radical (unpaired) electrons. The summed E-state index contributed by atoms with van der Waals surface area (Å²) in [6.45, 7) is 4.33. The summed E-state index contributed by atoms with van der Waals surface area (Å²) in [6, 6.07) is 0. The van der Waals surface area contributed by atoms with Gasteiger partial charge in [0.05, 0.1) is 25.1 Å². The highest BCUT2D eigenvalue weighted by molar-refractivity contribution is 7.81. The number of rotatable bonds is 9. The first-order chi connectivity index (χ1) is 6.68. The summed E-state index contributed by atoms with van der Waals surface area (Å²) in [5, 5.41) is 2.71. The molecule has 0 aromatic heterocycles. The first-order valence-electron chi connectivity index (χ1n) is 4.69. The van der Waals surface area contributed by atoms with E-state index in [2.05, 4.69) is 17.9 Å². The molecule has 1 atom stereocenters. The smallest absolute Gasteiger partial charge is 0.170 e. The van der Waals surface area contributed by atoms with Gasteiger partial charge >= 0.3 is 0 Å². The van der Waals surface area contributed by atoms with Gasteiger partial charge in [-0.3, -0.25) is 4.79 Å². The molecule has 4 nitrogen and oxygen atoms in total. The summed E-state index contributed by atoms with van der Waals surface area (Å²) in [5.74, 6) is 0.00329. The van der Waals surface area contributed by atoms with Crippen LogP contribution in [-0.2, 0) is 14.3 Å². The Labute approximate surface area is 90.8 Å². The maximum atomic E-state index is 11.0. The second-order valence-electron chi connectivity index (χ2n) is 2.91. The Morgan fingerprint density at radius 2 is 2.00 bits per heavy atom. The van der Waals surface area contributed by atoms with Crippen molar-refractivity contribution in [2.45, 2.75) is 12.2 Å². The lowest BCUT2D eigenvalue weighted by Crippen LogP contribution is -2.20. The molecule has 5 heteroatoms. The molecule has 0 fully saturated rings. The largest absolute Gasteiger partial charge is 0.378 e. The third-order valence-electron chi connectivity index (χ3n) is 1.58. The fourth-order valence-corrected chi connectivity index (χ4v) is 0.762. The minimum Gasteiger partial charge on any atom is -0.378 e. The lowest BCUT2D eigenvalue weighted by Gasteiger charge is -2.06. The zero-order valence-electron chi connectivity index (χ0n) is 8.78. The van der Waals surface area contributed by atoms with E-state index in [1.54, 1.807) is 6.92 Å². The van der Waals surface area contributed by atoms with Crippen LogP contribution < -0.4 is 5.32 Å². The normalized spacial score (nSPS) is 12.8. The zero-order valence-corrected chi connectivity index (χ0v) is 9.68. The SMILES string of the molecule is CNCCOCCOCC(=O)C(C)S. The van der Waals surface area contributed by atoms with Gasteiger partial charge in [-0.2, -0.15) is 12.6 Å². The van der Waals surface area contributed by atoms with Gasteiger partial charge in [0.1, 0.15) is 6.61 Å². The molecule has 0 aromatic rings. The molecule has 0 aliphatic rings. The summed E-state index contributed by atoms with van der Waals surface area (Å²) in [5.41, 5.74) is 0. The molecule has 0 aliphatic heterocycles. The highest BCUT2D eigenvalue weighted by Gasteiger charge is 2.06. The van der Waals surface area contributed by atoms with E-state index < -0.39 is 0 Å². The van der Waals surface area contributed by atoms with E-state index in [1.165, 1.54) is 0 Å². The summed E-state index contributed by atoms with van der Waals surface area (Å²) in [7, 11) is 1.87. The van der Waals surface area contributed by atoms with Crippen molar-refractivity contribution in [3.8, 4) is 0 Å². The number of ketones is 1. The molecule has 1 unspecified atom stereocenters. The number of nitrogens with one attached hydrogen (secondary N) is 1. The second kappa shape index (κ2) is 9.45. The van der Waals surface area contributed by atoms with Crippen LogP contribution in [0.2, 0.25) is 0 Å². The van der Waals surface area contributed by atoms with Crippen LogP contribution in [-0.4, -0.2) is 51.1 Å². The second-order valence-corrected chi connectivity index (χ2v) is 3.69. The minimum absolute atomic E-state index is 0.00329. The van der Waals surface area contributed by atoms with Crippen LogP contribution in [0.15, 0.2) is 0 Å². The van der Waals surface area contributed by atoms with Gasteiger partial charge in [0, 0.05) is 6.54 Å². The van der Waals surface area contributed by atoms with Crippen molar-refractivity contribution < 1.29 is 14.3 Å². The Kier molecular flexibility index (Phi) is 9.39. The molecule has 1 N–H and O–H groups in total. The molecule has 0 amide bonds. The summed E-state index contributed by atoms with van der Waals surface area (Å²) in [4.78, 5) is 11.0. The Balaban J connectivity index is 3.10. The molecular formula is C9H19NO3S. The van der Waals surface area contributed by atoms with Gasteiger partial charge in [-0.05, 0) is 14.0 Å². The molecule has 0 saturated carbocycles. The van der Waals surface area contributed by atoms with Gasteiger partial charge in [-0.25, -0.2) is 0 Å². The molecule has 0 heterocycles. The average molecular weight is 221 g/mol. The quantitative estimate of drug-likeness (QED) is 0.429. The van der Waals surface area contributed by atoms with E-state index in [4.69, 9.17) is 9.47 Å². The van der Waals surface area contributed by atoms with Crippen molar-refractivity contribution in [2.24, 2.45) is 0 Å². The number of Topliss-reactive ketones (excluding diaryl/α,β-unsaturated/α-hetero) is 1. The Morgan fingerprint density at radius 3 is 2.57 bits per heavy atom. The molecule has 84 valence electrons. The van der Waals surface area contributed by atoms with Gasteiger partial charge in [0.15, 0.2) is 5.78 Å². The van der Waals surface area contributed by atoms with Crippen LogP contribution in [0.4, 0.5) is 0 Å². The van der Waals surface area contributed by atoms with Crippen LogP contribution in [0.5, 0.6) is 0 Å². The van der Waals surface area contributed by atoms with E-state index >= 15 is 0 Å². The van der Waals surface area contributed by atoms with E-state index in [9.17, 15) is 4.79 Å². The minimum atomic E-state index is -0.250. The van der Waals surface area contributed by atoms with Crippen molar-refractivity contribution in [1.82, 2.24) is 5.32 Å². The van der Waals surface area contributed by atoms with Crippen LogP contribution in [0.3, 0.4) is 0 Å². The van der Waals surface area contributed by atoms with Crippen molar-refractivity contribution in [3.63, 3.8) is 0 Å². The Hall–Kier alpha value is -0.100. The lowest BCUT2D eigenvalue weighted by molar-refractivity contribution is -0.123. The molecule has 0 aliphatic carbocycles. The first-order valence-corrected chi connectivity index (χ1v) is 5.21. The fraction of sp³-hybridized carbons (Fsp3) is 0.889. The first kappa shape index (κ1) is 13.9. The van der Waals surface area contributed by atoms with Crippen LogP contribution >= 0.6 is 12.6 Å². The lowest BCUT2D eigenvalue weighted by atomic mass is 10.3. The Bertz CT molecular complexity index is 153. The van der Waals surface area contributed by atoms with Gasteiger partial charge in [-0.1, -0.05) is 0 Å². The van der Waals surface area contributed by atoms with Crippen molar-refractivity contribution in [3.05, 3.63) is 0 Å².